The third kappa shape index (κ3) is 5.13. The van der Waals surface area contributed by atoms with E-state index in [0.29, 0.717) is 0 Å². The van der Waals surface area contributed by atoms with Gasteiger partial charge in [0.2, 0.25) is 20.0 Å². The van der Waals surface area contributed by atoms with Crippen molar-refractivity contribution in [2.75, 3.05) is 30.1 Å². The molecule has 0 radical (unpaired) electrons. The number of rotatable bonds is 7. The Bertz CT molecular complexity index is 775. The van der Waals surface area contributed by atoms with Crippen LogP contribution in [0.2, 0.25) is 0 Å². The van der Waals surface area contributed by atoms with Gasteiger partial charge in [-0.1, -0.05) is 0 Å². The number of halogens is 1. The minimum absolute atomic E-state index is 0.203. The second-order valence-corrected chi connectivity index (χ2v) is 9.49. The number of anilines is 1. The Balaban J connectivity index is 2.08. The van der Waals surface area contributed by atoms with Gasteiger partial charge in [-0.3, -0.25) is 4.72 Å². The highest BCUT2D eigenvalue weighted by atomic mass is 32.2. The fraction of sp³-hybridized carbons (Fsp3) is 0.571. The van der Waals surface area contributed by atoms with E-state index in [1.165, 1.54) is 13.0 Å². The highest BCUT2D eigenvalue weighted by Crippen LogP contribution is 2.20. The van der Waals surface area contributed by atoms with E-state index in [0.717, 1.165) is 38.1 Å². The Labute approximate surface area is 142 Å². The molecular formula is C14H22FN3O4S2. The first-order chi connectivity index (χ1) is 11.2. The first kappa shape index (κ1) is 19.1. The molecule has 1 atom stereocenters. The van der Waals surface area contributed by atoms with Gasteiger partial charge in [0.25, 0.3) is 0 Å². The van der Waals surface area contributed by atoms with Gasteiger partial charge in [0.15, 0.2) is 0 Å². The van der Waals surface area contributed by atoms with E-state index in [1.54, 1.807) is 0 Å². The molecule has 0 bridgehead atoms. The average molecular weight is 379 g/mol. The smallest absolute Gasteiger partial charge is 0.240 e. The molecule has 2 rings (SSSR count). The molecule has 0 aromatic heterocycles. The van der Waals surface area contributed by atoms with Gasteiger partial charge >= 0.3 is 0 Å². The monoisotopic (exact) mass is 379 g/mol. The first-order valence-corrected chi connectivity index (χ1v) is 10.9. The summed E-state index contributed by atoms with van der Waals surface area (Å²) in [5.74, 6) is -0.938. The van der Waals surface area contributed by atoms with E-state index >= 15 is 0 Å². The van der Waals surface area contributed by atoms with E-state index in [4.69, 9.17) is 0 Å². The van der Waals surface area contributed by atoms with Crippen molar-refractivity contribution >= 4 is 25.7 Å². The molecule has 1 fully saturated rings. The van der Waals surface area contributed by atoms with Crippen molar-refractivity contribution in [3.63, 3.8) is 0 Å². The minimum Gasteiger partial charge on any atom is -0.316 e. The Morgan fingerprint density at radius 3 is 2.62 bits per heavy atom. The predicted octanol–water partition coefficient (Wildman–Crippen LogP) is 0.865. The summed E-state index contributed by atoms with van der Waals surface area (Å²) in [7, 11) is -7.47. The van der Waals surface area contributed by atoms with Crippen molar-refractivity contribution in [2.24, 2.45) is 5.92 Å². The van der Waals surface area contributed by atoms with Crippen LogP contribution in [-0.4, -0.2) is 42.2 Å². The zero-order valence-electron chi connectivity index (χ0n) is 13.4. The van der Waals surface area contributed by atoms with Crippen LogP contribution >= 0.6 is 0 Å². The van der Waals surface area contributed by atoms with Gasteiger partial charge in [-0.15, -0.1) is 0 Å². The molecule has 0 saturated carbocycles. The van der Waals surface area contributed by atoms with Crippen LogP contribution in [0.3, 0.4) is 0 Å². The number of nitrogens with one attached hydrogen (secondary N) is 3. The first-order valence-electron chi connectivity index (χ1n) is 7.74. The molecule has 1 aromatic rings. The van der Waals surface area contributed by atoms with Crippen LogP contribution in [0.5, 0.6) is 0 Å². The summed E-state index contributed by atoms with van der Waals surface area (Å²) in [6, 6.07) is 3.10. The normalized spacial score (nSPS) is 19.2. The number of piperidine rings is 1. The molecule has 1 heterocycles. The topological polar surface area (TPSA) is 104 Å². The lowest BCUT2D eigenvalue weighted by molar-refractivity contribution is 0.376. The van der Waals surface area contributed by atoms with Crippen molar-refractivity contribution in [1.29, 1.82) is 0 Å². The fourth-order valence-electron chi connectivity index (χ4n) is 2.39. The quantitative estimate of drug-likeness (QED) is 0.652. The van der Waals surface area contributed by atoms with Crippen LogP contribution in [0.25, 0.3) is 0 Å². The van der Waals surface area contributed by atoms with E-state index in [-0.39, 0.29) is 28.8 Å². The number of benzene rings is 1. The lowest BCUT2D eigenvalue weighted by atomic mass is 10.0. The summed E-state index contributed by atoms with van der Waals surface area (Å²) in [5.41, 5.74) is -0.271. The lowest BCUT2D eigenvalue weighted by Gasteiger charge is -2.22. The van der Waals surface area contributed by atoms with Crippen molar-refractivity contribution in [1.82, 2.24) is 10.0 Å². The van der Waals surface area contributed by atoms with Crippen LogP contribution < -0.4 is 14.8 Å². The molecule has 136 valence electrons. The minimum atomic E-state index is -3.84. The molecule has 1 aromatic carbocycles. The third-order valence-electron chi connectivity index (χ3n) is 3.86. The molecular weight excluding hydrogens is 357 g/mol. The van der Waals surface area contributed by atoms with Crippen molar-refractivity contribution < 1.29 is 21.2 Å². The van der Waals surface area contributed by atoms with Gasteiger partial charge in [0, 0.05) is 6.54 Å². The number of hydrogen-bond acceptors (Lipinski definition) is 5. The molecule has 1 saturated heterocycles. The molecule has 0 spiro atoms. The van der Waals surface area contributed by atoms with E-state index in [9.17, 15) is 21.2 Å². The van der Waals surface area contributed by atoms with Crippen LogP contribution in [0.15, 0.2) is 23.1 Å². The van der Waals surface area contributed by atoms with Crippen LogP contribution in [0.4, 0.5) is 10.1 Å². The van der Waals surface area contributed by atoms with Crippen LogP contribution in [0.1, 0.15) is 19.8 Å². The van der Waals surface area contributed by atoms with Gasteiger partial charge in [-0.05, 0) is 57.0 Å². The second kappa shape index (κ2) is 7.77. The highest BCUT2D eigenvalue weighted by molar-refractivity contribution is 7.92. The molecule has 1 unspecified atom stereocenters. The predicted molar refractivity (Wildman–Crippen MR) is 90.3 cm³/mol. The molecule has 7 nitrogen and oxygen atoms in total. The summed E-state index contributed by atoms with van der Waals surface area (Å²) in [4.78, 5) is -0.233. The van der Waals surface area contributed by atoms with Crippen molar-refractivity contribution in [3.8, 4) is 0 Å². The Morgan fingerprint density at radius 1 is 1.29 bits per heavy atom. The average Bonchev–Trinajstić information content (AvgIpc) is 2.56. The van der Waals surface area contributed by atoms with E-state index in [1.807, 2.05) is 0 Å². The SMILES string of the molecule is CCS(=O)(=O)Nc1ccc(S(=O)(=O)NCC2CCCNC2)cc1F. The molecule has 3 N–H and O–H groups in total. The van der Waals surface area contributed by atoms with Crippen LogP contribution in [0, 0.1) is 11.7 Å². The summed E-state index contributed by atoms with van der Waals surface area (Å²) in [6.07, 6.45) is 1.93. The second-order valence-electron chi connectivity index (χ2n) is 5.71. The zero-order chi connectivity index (χ0) is 17.8. The van der Waals surface area contributed by atoms with Gasteiger partial charge in [0.05, 0.1) is 16.3 Å². The molecule has 10 heteroatoms. The maximum Gasteiger partial charge on any atom is 0.240 e. The van der Waals surface area contributed by atoms with Gasteiger partial charge in [-0.2, -0.15) is 0 Å². The summed E-state index contributed by atoms with van der Waals surface area (Å²) < 4.78 is 66.0. The number of hydrogen-bond donors (Lipinski definition) is 3. The van der Waals surface area contributed by atoms with Crippen molar-refractivity contribution in [3.05, 3.63) is 24.0 Å². The maximum atomic E-state index is 14.0. The highest BCUT2D eigenvalue weighted by Gasteiger charge is 2.20. The maximum absolute atomic E-state index is 14.0. The molecule has 1 aliphatic rings. The largest absolute Gasteiger partial charge is 0.316 e. The summed E-state index contributed by atoms with van der Waals surface area (Å²) >= 11 is 0. The summed E-state index contributed by atoms with van der Waals surface area (Å²) in [6.45, 7) is 3.38. The molecule has 24 heavy (non-hydrogen) atoms. The van der Waals surface area contributed by atoms with Gasteiger partial charge in [-0.25, -0.2) is 25.9 Å². The Hall–Kier alpha value is -1.23. The van der Waals surface area contributed by atoms with E-state index < -0.39 is 25.9 Å². The standard InChI is InChI=1S/C14H22FN3O4S2/c1-2-23(19,20)18-14-6-5-12(8-13(14)15)24(21,22)17-10-11-4-3-7-16-9-11/h5-6,8,11,16-18H,2-4,7,9-10H2,1H3. The number of sulfonamides is 2. The Morgan fingerprint density at radius 2 is 2.04 bits per heavy atom. The third-order valence-corrected chi connectivity index (χ3v) is 6.57. The van der Waals surface area contributed by atoms with Gasteiger partial charge in [0.1, 0.15) is 5.82 Å². The Kier molecular flexibility index (Phi) is 6.18. The zero-order valence-corrected chi connectivity index (χ0v) is 15.0. The van der Waals surface area contributed by atoms with Crippen molar-refractivity contribution in [2.45, 2.75) is 24.7 Å². The fourth-order valence-corrected chi connectivity index (χ4v) is 4.17. The van der Waals surface area contributed by atoms with E-state index in [2.05, 4.69) is 14.8 Å². The van der Waals surface area contributed by atoms with Crippen LogP contribution in [-0.2, 0) is 20.0 Å². The molecule has 0 amide bonds. The molecule has 1 aliphatic heterocycles. The summed E-state index contributed by atoms with van der Waals surface area (Å²) in [5, 5.41) is 3.19. The lowest BCUT2D eigenvalue weighted by Crippen LogP contribution is -2.38. The molecule has 0 aliphatic carbocycles. The van der Waals surface area contributed by atoms with Gasteiger partial charge < -0.3 is 5.32 Å².